The summed E-state index contributed by atoms with van der Waals surface area (Å²) in [5.41, 5.74) is 7.63. The second kappa shape index (κ2) is 5.85. The van der Waals surface area contributed by atoms with Gasteiger partial charge in [-0.05, 0) is 42.8 Å². The van der Waals surface area contributed by atoms with Crippen LogP contribution in [0.2, 0.25) is 0 Å². The van der Waals surface area contributed by atoms with Crippen molar-refractivity contribution in [2.75, 3.05) is 19.6 Å². The van der Waals surface area contributed by atoms with Gasteiger partial charge in [0.25, 0.3) is 0 Å². The molecule has 1 fully saturated rings. The minimum absolute atomic E-state index is 0.451. The first kappa shape index (κ1) is 13.6. The maximum atomic E-state index is 5.76. The molecule has 2 nitrogen and oxygen atoms in total. The van der Waals surface area contributed by atoms with E-state index >= 15 is 0 Å². The van der Waals surface area contributed by atoms with Crippen molar-refractivity contribution in [1.82, 2.24) is 4.90 Å². The summed E-state index contributed by atoms with van der Waals surface area (Å²) in [4.78, 5) is 2.58. The molecule has 1 aliphatic heterocycles. The smallest absolute Gasteiger partial charge is 0.0233 e. The van der Waals surface area contributed by atoms with Crippen molar-refractivity contribution >= 4 is 0 Å². The normalized spacial score (nSPS) is 24.1. The van der Waals surface area contributed by atoms with Crippen LogP contribution in [0.25, 0.3) is 0 Å². The van der Waals surface area contributed by atoms with Crippen LogP contribution in [0, 0.1) is 11.3 Å². The van der Waals surface area contributed by atoms with Crippen molar-refractivity contribution in [3.8, 4) is 0 Å². The maximum Gasteiger partial charge on any atom is 0.0233 e. The Morgan fingerprint density at radius 2 is 2.00 bits per heavy atom. The van der Waals surface area contributed by atoms with Gasteiger partial charge in [0.05, 0.1) is 0 Å². The van der Waals surface area contributed by atoms with Crippen molar-refractivity contribution in [2.24, 2.45) is 17.1 Å². The largest absolute Gasteiger partial charge is 0.330 e. The minimum atomic E-state index is 0.451. The molecule has 100 valence electrons. The molecule has 2 heteroatoms. The highest BCUT2D eigenvalue weighted by atomic mass is 15.1. The molecule has 0 bridgehead atoms. The lowest BCUT2D eigenvalue weighted by atomic mass is 9.72. The fourth-order valence-corrected chi connectivity index (χ4v) is 2.97. The van der Waals surface area contributed by atoms with Crippen LogP contribution in [0.1, 0.15) is 32.3 Å². The van der Waals surface area contributed by atoms with E-state index in [0.29, 0.717) is 5.41 Å². The van der Waals surface area contributed by atoms with E-state index in [2.05, 4.69) is 49.1 Å². The molecule has 1 unspecified atom stereocenters. The standard InChI is InChI=1S/C16H26N2/c1-16(2)9-11-18(13-15(16)8-10-17)12-14-6-4-3-5-7-14/h3-7,15H,8-13,17H2,1-2H3. The van der Waals surface area contributed by atoms with Crippen LogP contribution in [-0.2, 0) is 6.54 Å². The van der Waals surface area contributed by atoms with E-state index in [1.54, 1.807) is 0 Å². The second-order valence-corrected chi connectivity index (χ2v) is 6.23. The van der Waals surface area contributed by atoms with E-state index in [1.807, 2.05) is 0 Å². The number of nitrogens with two attached hydrogens (primary N) is 1. The predicted molar refractivity (Wildman–Crippen MR) is 77.3 cm³/mol. The van der Waals surface area contributed by atoms with E-state index in [9.17, 15) is 0 Å². The number of nitrogens with zero attached hydrogens (tertiary/aromatic N) is 1. The lowest BCUT2D eigenvalue weighted by Gasteiger charge is -2.44. The fourth-order valence-electron chi connectivity index (χ4n) is 2.97. The lowest BCUT2D eigenvalue weighted by Crippen LogP contribution is -2.45. The van der Waals surface area contributed by atoms with Crippen LogP contribution >= 0.6 is 0 Å². The summed E-state index contributed by atoms with van der Waals surface area (Å²) in [6, 6.07) is 10.8. The van der Waals surface area contributed by atoms with Crippen LogP contribution < -0.4 is 5.73 Å². The first-order valence-corrected chi connectivity index (χ1v) is 7.08. The topological polar surface area (TPSA) is 29.3 Å². The first-order chi connectivity index (χ1) is 8.62. The Hall–Kier alpha value is -0.860. The van der Waals surface area contributed by atoms with Gasteiger partial charge in [-0.15, -0.1) is 0 Å². The van der Waals surface area contributed by atoms with Gasteiger partial charge in [0.15, 0.2) is 0 Å². The zero-order chi connectivity index (χ0) is 13.0. The second-order valence-electron chi connectivity index (χ2n) is 6.23. The van der Waals surface area contributed by atoms with Crippen molar-refractivity contribution in [3.63, 3.8) is 0 Å². The summed E-state index contributed by atoms with van der Waals surface area (Å²) in [5, 5.41) is 0. The fraction of sp³-hybridized carbons (Fsp3) is 0.625. The molecule has 1 heterocycles. The molecule has 1 saturated heterocycles. The first-order valence-electron chi connectivity index (χ1n) is 7.08. The van der Waals surface area contributed by atoms with Gasteiger partial charge in [-0.2, -0.15) is 0 Å². The van der Waals surface area contributed by atoms with Crippen LogP contribution in [0.15, 0.2) is 30.3 Å². The van der Waals surface area contributed by atoms with Crippen LogP contribution in [-0.4, -0.2) is 24.5 Å². The van der Waals surface area contributed by atoms with Crippen LogP contribution in [0.5, 0.6) is 0 Å². The van der Waals surface area contributed by atoms with Crippen LogP contribution in [0.4, 0.5) is 0 Å². The molecule has 1 aromatic rings. The third kappa shape index (κ3) is 3.33. The van der Waals surface area contributed by atoms with Crippen molar-refractivity contribution in [3.05, 3.63) is 35.9 Å². The van der Waals surface area contributed by atoms with Gasteiger partial charge in [-0.3, -0.25) is 4.90 Å². The summed E-state index contributed by atoms with van der Waals surface area (Å²) in [5.74, 6) is 0.736. The summed E-state index contributed by atoms with van der Waals surface area (Å²) >= 11 is 0. The average Bonchev–Trinajstić information content (AvgIpc) is 2.35. The molecule has 0 spiro atoms. The number of hydrogen-bond acceptors (Lipinski definition) is 2. The van der Waals surface area contributed by atoms with Gasteiger partial charge >= 0.3 is 0 Å². The molecule has 1 atom stereocenters. The molecule has 0 aromatic heterocycles. The average molecular weight is 246 g/mol. The summed E-state index contributed by atoms with van der Waals surface area (Å²) in [6.07, 6.45) is 2.43. The highest BCUT2D eigenvalue weighted by Crippen LogP contribution is 2.37. The molecule has 0 radical (unpaired) electrons. The van der Waals surface area contributed by atoms with Gasteiger partial charge in [-0.25, -0.2) is 0 Å². The quantitative estimate of drug-likeness (QED) is 0.885. The van der Waals surface area contributed by atoms with Gasteiger partial charge in [-0.1, -0.05) is 44.2 Å². The number of piperidine rings is 1. The number of hydrogen-bond donors (Lipinski definition) is 1. The van der Waals surface area contributed by atoms with E-state index in [4.69, 9.17) is 5.73 Å². The van der Waals surface area contributed by atoms with Gasteiger partial charge in [0.2, 0.25) is 0 Å². The van der Waals surface area contributed by atoms with Crippen LogP contribution in [0.3, 0.4) is 0 Å². The molecular formula is C16H26N2. The molecular weight excluding hydrogens is 220 g/mol. The number of benzene rings is 1. The van der Waals surface area contributed by atoms with Gasteiger partial charge in [0.1, 0.15) is 0 Å². The molecule has 18 heavy (non-hydrogen) atoms. The molecule has 2 rings (SSSR count). The maximum absolute atomic E-state index is 5.76. The monoisotopic (exact) mass is 246 g/mol. The zero-order valence-corrected chi connectivity index (χ0v) is 11.7. The highest BCUT2D eigenvalue weighted by molar-refractivity contribution is 5.14. The molecule has 1 aliphatic rings. The van der Waals surface area contributed by atoms with E-state index in [1.165, 1.54) is 25.1 Å². The van der Waals surface area contributed by atoms with Crippen molar-refractivity contribution in [1.29, 1.82) is 0 Å². The molecule has 0 amide bonds. The lowest BCUT2D eigenvalue weighted by molar-refractivity contribution is 0.0519. The van der Waals surface area contributed by atoms with E-state index < -0.39 is 0 Å². The molecule has 0 saturated carbocycles. The third-order valence-electron chi connectivity index (χ3n) is 4.42. The van der Waals surface area contributed by atoms with E-state index in [0.717, 1.165) is 25.4 Å². The Kier molecular flexibility index (Phi) is 4.41. The molecule has 0 aliphatic carbocycles. The number of likely N-dealkylation sites (tertiary alicyclic amines) is 1. The van der Waals surface area contributed by atoms with Crippen molar-refractivity contribution < 1.29 is 0 Å². The van der Waals surface area contributed by atoms with Gasteiger partial charge in [0, 0.05) is 13.1 Å². The summed E-state index contributed by atoms with van der Waals surface area (Å²) in [7, 11) is 0. The number of rotatable bonds is 4. The Morgan fingerprint density at radius 3 is 2.67 bits per heavy atom. The SMILES string of the molecule is CC1(C)CCN(Cc2ccccc2)CC1CCN. The summed E-state index contributed by atoms with van der Waals surface area (Å²) in [6.45, 7) is 9.09. The zero-order valence-electron chi connectivity index (χ0n) is 11.7. The predicted octanol–water partition coefficient (Wildman–Crippen LogP) is 2.88. The third-order valence-corrected chi connectivity index (χ3v) is 4.42. The highest BCUT2D eigenvalue weighted by Gasteiger charge is 2.34. The van der Waals surface area contributed by atoms with E-state index in [-0.39, 0.29) is 0 Å². The Morgan fingerprint density at radius 1 is 1.28 bits per heavy atom. The molecule has 1 aromatic carbocycles. The van der Waals surface area contributed by atoms with Gasteiger partial charge < -0.3 is 5.73 Å². The van der Waals surface area contributed by atoms with Crippen molar-refractivity contribution in [2.45, 2.75) is 33.2 Å². The Labute approximate surface area is 111 Å². The summed E-state index contributed by atoms with van der Waals surface area (Å²) < 4.78 is 0. The molecule has 2 N–H and O–H groups in total. The Balaban J connectivity index is 1.96. The Bertz CT molecular complexity index is 359. The minimum Gasteiger partial charge on any atom is -0.330 e.